The summed E-state index contributed by atoms with van der Waals surface area (Å²) >= 11 is 0. The molecule has 0 aliphatic rings. The van der Waals surface area contributed by atoms with Crippen LogP contribution in [-0.2, 0) is 10.8 Å². The minimum Gasteiger partial charge on any atom is -0.471 e. The minimum atomic E-state index is -0.911. The number of rotatable bonds is 1. The van der Waals surface area contributed by atoms with E-state index in [-0.39, 0.29) is 0 Å². The van der Waals surface area contributed by atoms with Crippen LogP contribution >= 0.6 is 0 Å². The van der Waals surface area contributed by atoms with Crippen molar-refractivity contribution in [1.82, 2.24) is 0 Å². The SMILES string of the molecule is CS(=O)c1ccc2cocc2c1. The van der Waals surface area contributed by atoms with Crippen LogP contribution in [0.1, 0.15) is 0 Å². The smallest absolute Gasteiger partial charge is 0.0981 e. The van der Waals surface area contributed by atoms with E-state index in [1.165, 1.54) is 0 Å². The largest absolute Gasteiger partial charge is 0.471 e. The topological polar surface area (TPSA) is 30.2 Å². The lowest BCUT2D eigenvalue weighted by atomic mass is 10.2. The molecule has 3 heteroatoms. The molecule has 2 aromatic rings. The molecule has 1 aromatic heterocycles. The van der Waals surface area contributed by atoms with Crippen molar-refractivity contribution in [3.8, 4) is 0 Å². The Bertz CT molecular complexity index is 431. The van der Waals surface area contributed by atoms with E-state index in [9.17, 15) is 4.21 Å². The summed E-state index contributed by atoms with van der Waals surface area (Å²) in [6, 6.07) is 5.65. The summed E-state index contributed by atoms with van der Waals surface area (Å²) < 4.78 is 16.1. The molecule has 0 fully saturated rings. The molecule has 0 amide bonds. The highest BCUT2D eigenvalue weighted by molar-refractivity contribution is 7.84. The van der Waals surface area contributed by atoms with Gasteiger partial charge in [-0.2, -0.15) is 0 Å². The lowest BCUT2D eigenvalue weighted by Gasteiger charge is -1.94. The van der Waals surface area contributed by atoms with E-state index in [0.29, 0.717) is 0 Å². The van der Waals surface area contributed by atoms with Crippen LogP contribution in [0.25, 0.3) is 10.8 Å². The Balaban J connectivity index is 2.68. The Labute approximate surface area is 72.6 Å². The highest BCUT2D eigenvalue weighted by atomic mass is 32.2. The third-order valence-electron chi connectivity index (χ3n) is 1.78. The van der Waals surface area contributed by atoms with Crippen molar-refractivity contribution in [2.24, 2.45) is 0 Å². The number of fused-ring (bicyclic) bond motifs is 1. The monoisotopic (exact) mass is 180 g/mol. The van der Waals surface area contributed by atoms with Crippen LogP contribution in [0.4, 0.5) is 0 Å². The lowest BCUT2D eigenvalue weighted by molar-refractivity contribution is 0.572. The van der Waals surface area contributed by atoms with E-state index in [2.05, 4.69) is 0 Å². The van der Waals surface area contributed by atoms with Gasteiger partial charge in [0.15, 0.2) is 0 Å². The molecule has 0 bridgehead atoms. The first-order valence-corrected chi connectivity index (χ1v) is 5.12. The van der Waals surface area contributed by atoms with Crippen molar-refractivity contribution in [2.75, 3.05) is 6.26 Å². The number of hydrogen-bond donors (Lipinski definition) is 0. The van der Waals surface area contributed by atoms with Crippen LogP contribution in [0.2, 0.25) is 0 Å². The van der Waals surface area contributed by atoms with E-state index in [4.69, 9.17) is 4.42 Å². The zero-order valence-electron chi connectivity index (χ0n) is 6.61. The average molecular weight is 180 g/mol. The van der Waals surface area contributed by atoms with Gasteiger partial charge < -0.3 is 4.42 Å². The molecule has 0 radical (unpaired) electrons. The number of hydrogen-bond acceptors (Lipinski definition) is 2. The van der Waals surface area contributed by atoms with Crippen molar-refractivity contribution in [3.63, 3.8) is 0 Å². The predicted molar refractivity (Wildman–Crippen MR) is 48.5 cm³/mol. The molecule has 0 aliphatic heterocycles. The molecule has 0 spiro atoms. The maximum absolute atomic E-state index is 11.1. The van der Waals surface area contributed by atoms with E-state index in [0.717, 1.165) is 15.7 Å². The molecule has 0 saturated carbocycles. The van der Waals surface area contributed by atoms with Crippen LogP contribution in [0.5, 0.6) is 0 Å². The summed E-state index contributed by atoms with van der Waals surface area (Å²) in [6.07, 6.45) is 5.00. The normalized spacial score (nSPS) is 13.4. The second kappa shape index (κ2) is 2.75. The predicted octanol–water partition coefficient (Wildman–Crippen LogP) is 2.17. The van der Waals surface area contributed by atoms with Gasteiger partial charge in [-0.05, 0) is 18.2 Å². The third kappa shape index (κ3) is 1.16. The Morgan fingerprint density at radius 2 is 2.00 bits per heavy atom. The van der Waals surface area contributed by atoms with Gasteiger partial charge in [-0.25, -0.2) is 0 Å². The first-order valence-electron chi connectivity index (χ1n) is 3.57. The molecule has 1 unspecified atom stereocenters. The van der Waals surface area contributed by atoms with E-state index in [1.54, 1.807) is 18.8 Å². The molecule has 1 aromatic carbocycles. The van der Waals surface area contributed by atoms with Gasteiger partial charge in [-0.3, -0.25) is 4.21 Å². The van der Waals surface area contributed by atoms with Crippen molar-refractivity contribution < 1.29 is 8.63 Å². The van der Waals surface area contributed by atoms with Gasteiger partial charge in [0.2, 0.25) is 0 Å². The maximum atomic E-state index is 11.1. The van der Waals surface area contributed by atoms with Crippen LogP contribution in [0.3, 0.4) is 0 Å². The molecule has 12 heavy (non-hydrogen) atoms. The highest BCUT2D eigenvalue weighted by Gasteiger charge is 2.00. The van der Waals surface area contributed by atoms with Crippen molar-refractivity contribution in [1.29, 1.82) is 0 Å². The molecule has 0 aliphatic carbocycles. The summed E-state index contributed by atoms with van der Waals surface area (Å²) in [5.41, 5.74) is 0. The fraction of sp³-hybridized carbons (Fsp3) is 0.111. The minimum absolute atomic E-state index is 0.837. The van der Waals surface area contributed by atoms with Gasteiger partial charge in [0.25, 0.3) is 0 Å². The summed E-state index contributed by atoms with van der Waals surface area (Å²) in [7, 11) is -0.911. The number of benzene rings is 1. The van der Waals surface area contributed by atoms with Crippen LogP contribution in [0, 0.1) is 0 Å². The zero-order valence-corrected chi connectivity index (χ0v) is 7.43. The van der Waals surface area contributed by atoms with E-state index < -0.39 is 10.8 Å². The summed E-state index contributed by atoms with van der Waals surface area (Å²) in [4.78, 5) is 0.837. The quantitative estimate of drug-likeness (QED) is 0.673. The van der Waals surface area contributed by atoms with E-state index in [1.807, 2.05) is 18.2 Å². The fourth-order valence-corrected chi connectivity index (χ4v) is 1.67. The van der Waals surface area contributed by atoms with Crippen LogP contribution in [-0.4, -0.2) is 10.5 Å². The second-order valence-electron chi connectivity index (χ2n) is 2.62. The van der Waals surface area contributed by atoms with Gasteiger partial charge in [0.1, 0.15) is 0 Å². The average Bonchev–Trinajstić information content (AvgIpc) is 2.49. The van der Waals surface area contributed by atoms with Crippen LogP contribution in [0.15, 0.2) is 40.0 Å². The molecule has 62 valence electrons. The van der Waals surface area contributed by atoms with Crippen molar-refractivity contribution in [2.45, 2.75) is 4.90 Å². The molecule has 1 atom stereocenters. The maximum Gasteiger partial charge on any atom is 0.0981 e. The molecule has 1 heterocycles. The van der Waals surface area contributed by atoms with Gasteiger partial charge in [0, 0.05) is 32.7 Å². The van der Waals surface area contributed by atoms with Gasteiger partial charge in [-0.1, -0.05) is 0 Å². The fourth-order valence-electron chi connectivity index (χ4n) is 1.12. The Kier molecular flexibility index (Phi) is 1.73. The molecular weight excluding hydrogens is 172 g/mol. The van der Waals surface area contributed by atoms with Crippen molar-refractivity contribution >= 4 is 21.6 Å². The first-order chi connectivity index (χ1) is 5.77. The molecule has 0 N–H and O–H groups in total. The molecule has 0 saturated heterocycles. The first kappa shape index (κ1) is 7.55. The van der Waals surface area contributed by atoms with E-state index >= 15 is 0 Å². The zero-order chi connectivity index (χ0) is 8.55. The molecular formula is C9H8O2S. The summed E-state index contributed by atoms with van der Waals surface area (Å²) in [6.45, 7) is 0. The third-order valence-corrected chi connectivity index (χ3v) is 2.70. The summed E-state index contributed by atoms with van der Waals surface area (Å²) in [5.74, 6) is 0. The molecule has 2 nitrogen and oxygen atoms in total. The highest BCUT2D eigenvalue weighted by Crippen LogP contribution is 2.18. The number of furan rings is 1. The van der Waals surface area contributed by atoms with Crippen molar-refractivity contribution in [3.05, 3.63) is 30.7 Å². The second-order valence-corrected chi connectivity index (χ2v) is 4.00. The molecule has 2 rings (SSSR count). The summed E-state index contributed by atoms with van der Waals surface area (Å²) in [5, 5.41) is 2.05. The lowest BCUT2D eigenvalue weighted by Crippen LogP contribution is -1.85. The van der Waals surface area contributed by atoms with Gasteiger partial charge in [-0.15, -0.1) is 0 Å². The Morgan fingerprint density at radius 1 is 1.25 bits per heavy atom. The van der Waals surface area contributed by atoms with Gasteiger partial charge >= 0.3 is 0 Å². The Morgan fingerprint density at radius 3 is 2.75 bits per heavy atom. The Hall–Kier alpha value is -1.09. The van der Waals surface area contributed by atoms with Crippen LogP contribution < -0.4 is 0 Å². The van der Waals surface area contributed by atoms with Gasteiger partial charge in [0.05, 0.1) is 12.5 Å². The standard InChI is InChI=1S/C9H8O2S/c1-12(10)9-3-2-7-5-11-6-8(7)4-9/h2-6H,1H3.